The average Bonchev–Trinajstić information content (AvgIpc) is 2.43. The lowest BCUT2D eigenvalue weighted by Gasteiger charge is -2.09. The SMILES string of the molecule is COc1cccc(CC(=O)Nc2cc(C)ccc2N)c1. The predicted octanol–water partition coefficient (Wildman–Crippen LogP) is 2.77. The molecule has 2 aromatic rings. The molecule has 0 aliphatic carbocycles. The van der Waals surface area contributed by atoms with Gasteiger partial charge in [-0.05, 0) is 42.3 Å². The monoisotopic (exact) mass is 270 g/mol. The van der Waals surface area contributed by atoms with Crippen LogP contribution in [0.3, 0.4) is 0 Å². The smallest absolute Gasteiger partial charge is 0.228 e. The molecule has 0 unspecified atom stereocenters. The third-order valence-corrected chi connectivity index (χ3v) is 2.98. The minimum Gasteiger partial charge on any atom is -0.497 e. The van der Waals surface area contributed by atoms with E-state index in [9.17, 15) is 4.79 Å². The van der Waals surface area contributed by atoms with E-state index in [0.29, 0.717) is 11.4 Å². The fourth-order valence-corrected chi connectivity index (χ4v) is 1.94. The second-order valence-electron chi connectivity index (χ2n) is 4.67. The van der Waals surface area contributed by atoms with Crippen molar-refractivity contribution in [3.05, 3.63) is 53.6 Å². The number of hydrogen-bond donors (Lipinski definition) is 2. The molecule has 104 valence electrons. The number of nitrogens with two attached hydrogens (primary N) is 1. The Kier molecular flexibility index (Phi) is 4.25. The number of carbonyl (C=O) groups is 1. The fraction of sp³-hybridized carbons (Fsp3) is 0.188. The number of anilines is 2. The standard InChI is InChI=1S/C16H18N2O2/c1-11-6-7-14(17)15(8-11)18-16(19)10-12-4-3-5-13(9-12)20-2/h3-9H,10,17H2,1-2H3,(H,18,19). The van der Waals surface area contributed by atoms with Crippen molar-refractivity contribution in [2.24, 2.45) is 0 Å². The molecular weight excluding hydrogens is 252 g/mol. The molecule has 20 heavy (non-hydrogen) atoms. The van der Waals surface area contributed by atoms with Gasteiger partial charge in [-0.15, -0.1) is 0 Å². The predicted molar refractivity (Wildman–Crippen MR) is 80.9 cm³/mol. The summed E-state index contributed by atoms with van der Waals surface area (Å²) in [6.07, 6.45) is 0.282. The van der Waals surface area contributed by atoms with Crippen LogP contribution >= 0.6 is 0 Å². The van der Waals surface area contributed by atoms with Crippen molar-refractivity contribution in [3.63, 3.8) is 0 Å². The van der Waals surface area contributed by atoms with Crippen LogP contribution < -0.4 is 15.8 Å². The van der Waals surface area contributed by atoms with Gasteiger partial charge in [0, 0.05) is 0 Å². The Hall–Kier alpha value is -2.49. The Labute approximate surface area is 118 Å². The van der Waals surface area contributed by atoms with Gasteiger partial charge in [0.2, 0.25) is 5.91 Å². The van der Waals surface area contributed by atoms with Crippen LogP contribution in [0.5, 0.6) is 5.75 Å². The largest absolute Gasteiger partial charge is 0.497 e. The molecule has 2 rings (SSSR count). The number of nitrogen functional groups attached to an aromatic ring is 1. The molecule has 3 N–H and O–H groups in total. The van der Waals surface area contributed by atoms with E-state index in [1.165, 1.54) is 0 Å². The lowest BCUT2D eigenvalue weighted by molar-refractivity contribution is -0.115. The summed E-state index contributed by atoms with van der Waals surface area (Å²) in [5, 5.41) is 2.83. The number of benzene rings is 2. The van der Waals surface area contributed by atoms with Crippen molar-refractivity contribution in [1.82, 2.24) is 0 Å². The first kappa shape index (κ1) is 13.9. The molecule has 0 fully saturated rings. The molecule has 4 nitrogen and oxygen atoms in total. The molecule has 0 atom stereocenters. The Bertz CT molecular complexity index is 624. The number of aryl methyl sites for hydroxylation is 1. The van der Waals surface area contributed by atoms with Crippen LogP contribution in [0.2, 0.25) is 0 Å². The number of nitrogens with one attached hydrogen (secondary N) is 1. The fourth-order valence-electron chi connectivity index (χ4n) is 1.94. The second kappa shape index (κ2) is 6.10. The molecular formula is C16H18N2O2. The van der Waals surface area contributed by atoms with Gasteiger partial charge in [0.25, 0.3) is 0 Å². The first-order valence-electron chi connectivity index (χ1n) is 6.37. The van der Waals surface area contributed by atoms with Crippen LogP contribution in [0.15, 0.2) is 42.5 Å². The average molecular weight is 270 g/mol. The number of hydrogen-bond acceptors (Lipinski definition) is 3. The summed E-state index contributed by atoms with van der Waals surface area (Å²) in [5.74, 6) is 0.640. The first-order chi connectivity index (χ1) is 9.58. The molecule has 0 aromatic heterocycles. The highest BCUT2D eigenvalue weighted by molar-refractivity contribution is 5.95. The third kappa shape index (κ3) is 3.51. The molecule has 0 spiro atoms. The van der Waals surface area contributed by atoms with E-state index < -0.39 is 0 Å². The normalized spacial score (nSPS) is 10.1. The lowest BCUT2D eigenvalue weighted by Crippen LogP contribution is -2.15. The molecule has 2 aromatic carbocycles. The van der Waals surface area contributed by atoms with Crippen molar-refractivity contribution in [3.8, 4) is 5.75 Å². The summed E-state index contributed by atoms with van der Waals surface area (Å²) >= 11 is 0. The Morgan fingerprint density at radius 2 is 2.05 bits per heavy atom. The molecule has 0 saturated heterocycles. The minimum absolute atomic E-state index is 0.101. The molecule has 1 amide bonds. The molecule has 0 heterocycles. The summed E-state index contributed by atoms with van der Waals surface area (Å²) < 4.78 is 5.14. The van der Waals surface area contributed by atoms with Gasteiger partial charge in [0.05, 0.1) is 24.9 Å². The van der Waals surface area contributed by atoms with Gasteiger partial charge in [0.15, 0.2) is 0 Å². The van der Waals surface area contributed by atoms with Gasteiger partial charge >= 0.3 is 0 Å². The zero-order chi connectivity index (χ0) is 14.5. The quantitative estimate of drug-likeness (QED) is 0.840. The van der Waals surface area contributed by atoms with Crippen LogP contribution in [0.4, 0.5) is 11.4 Å². The highest BCUT2D eigenvalue weighted by atomic mass is 16.5. The topological polar surface area (TPSA) is 64.3 Å². The highest BCUT2D eigenvalue weighted by Gasteiger charge is 2.07. The van der Waals surface area contributed by atoms with E-state index in [1.807, 2.05) is 43.3 Å². The molecule has 4 heteroatoms. The number of amides is 1. The van der Waals surface area contributed by atoms with Crippen LogP contribution in [-0.4, -0.2) is 13.0 Å². The third-order valence-electron chi connectivity index (χ3n) is 2.98. The lowest BCUT2D eigenvalue weighted by atomic mass is 10.1. The van der Waals surface area contributed by atoms with Gasteiger partial charge in [-0.1, -0.05) is 18.2 Å². The molecule has 0 saturated carbocycles. The van der Waals surface area contributed by atoms with Crippen molar-refractivity contribution >= 4 is 17.3 Å². The molecule has 0 bridgehead atoms. The van der Waals surface area contributed by atoms with Crippen molar-refractivity contribution in [2.45, 2.75) is 13.3 Å². The summed E-state index contributed by atoms with van der Waals surface area (Å²) in [4.78, 5) is 12.0. The maximum Gasteiger partial charge on any atom is 0.228 e. The van der Waals surface area contributed by atoms with Crippen molar-refractivity contribution in [1.29, 1.82) is 0 Å². The number of carbonyl (C=O) groups excluding carboxylic acids is 1. The Morgan fingerprint density at radius 3 is 2.80 bits per heavy atom. The van der Waals surface area contributed by atoms with E-state index in [4.69, 9.17) is 10.5 Å². The van der Waals surface area contributed by atoms with E-state index >= 15 is 0 Å². The summed E-state index contributed by atoms with van der Waals surface area (Å²) in [6, 6.07) is 13.0. The minimum atomic E-state index is -0.101. The van der Waals surface area contributed by atoms with Gasteiger partial charge in [-0.25, -0.2) is 0 Å². The van der Waals surface area contributed by atoms with Crippen molar-refractivity contribution < 1.29 is 9.53 Å². The van der Waals surface area contributed by atoms with Gasteiger partial charge in [-0.2, -0.15) is 0 Å². The van der Waals surface area contributed by atoms with E-state index in [-0.39, 0.29) is 12.3 Å². The first-order valence-corrected chi connectivity index (χ1v) is 6.37. The van der Waals surface area contributed by atoms with Crippen LogP contribution in [0.25, 0.3) is 0 Å². The summed E-state index contributed by atoms with van der Waals surface area (Å²) in [7, 11) is 1.60. The maximum atomic E-state index is 12.0. The van der Waals surface area contributed by atoms with Crippen molar-refractivity contribution in [2.75, 3.05) is 18.2 Å². The zero-order valence-corrected chi connectivity index (χ0v) is 11.6. The van der Waals surface area contributed by atoms with E-state index in [2.05, 4.69) is 5.32 Å². The number of ether oxygens (including phenoxy) is 1. The number of rotatable bonds is 4. The second-order valence-corrected chi connectivity index (χ2v) is 4.67. The van der Waals surface area contributed by atoms with E-state index in [0.717, 1.165) is 16.9 Å². The van der Waals surface area contributed by atoms with Crippen LogP contribution in [-0.2, 0) is 11.2 Å². The van der Waals surface area contributed by atoms with Crippen LogP contribution in [0.1, 0.15) is 11.1 Å². The highest BCUT2D eigenvalue weighted by Crippen LogP contribution is 2.20. The molecule has 0 aliphatic rings. The van der Waals surface area contributed by atoms with Crippen LogP contribution in [0, 0.1) is 6.92 Å². The summed E-state index contributed by atoms with van der Waals surface area (Å²) in [6.45, 7) is 1.96. The zero-order valence-electron chi connectivity index (χ0n) is 11.6. The molecule has 0 aliphatic heterocycles. The Balaban J connectivity index is 2.07. The van der Waals surface area contributed by atoms with Gasteiger partial charge in [0.1, 0.15) is 5.75 Å². The molecule has 0 radical (unpaired) electrons. The van der Waals surface area contributed by atoms with Gasteiger partial charge in [-0.3, -0.25) is 4.79 Å². The summed E-state index contributed by atoms with van der Waals surface area (Å²) in [5.41, 5.74) is 9.01. The Morgan fingerprint density at radius 1 is 1.25 bits per heavy atom. The number of methoxy groups -OCH3 is 1. The maximum absolute atomic E-state index is 12.0. The van der Waals surface area contributed by atoms with Gasteiger partial charge < -0.3 is 15.8 Å². The van der Waals surface area contributed by atoms with E-state index in [1.54, 1.807) is 13.2 Å².